The lowest BCUT2D eigenvalue weighted by atomic mass is 9.62. The van der Waals surface area contributed by atoms with Gasteiger partial charge < -0.3 is 5.32 Å². The summed E-state index contributed by atoms with van der Waals surface area (Å²) in [5, 5.41) is 12.9. The van der Waals surface area contributed by atoms with Gasteiger partial charge in [-0.2, -0.15) is 5.26 Å². The third-order valence-electron chi connectivity index (χ3n) is 3.77. The molecule has 0 saturated heterocycles. The van der Waals surface area contributed by atoms with Gasteiger partial charge in [0.05, 0.1) is 11.5 Å². The standard InChI is InChI=1S/C15H20N2OS/c1-19(18)9-5-8-17-14-10-15(11-14,12-16)13-6-3-2-4-7-13/h2-4,6-7,14,17H,5,8-11H2,1H3. The van der Waals surface area contributed by atoms with E-state index in [0.29, 0.717) is 6.04 Å². The van der Waals surface area contributed by atoms with Crippen LogP contribution in [0.25, 0.3) is 0 Å². The highest BCUT2D eigenvalue weighted by Crippen LogP contribution is 2.43. The number of rotatable bonds is 6. The number of nitrogens with one attached hydrogen (secondary N) is 1. The van der Waals surface area contributed by atoms with E-state index in [2.05, 4.69) is 11.4 Å². The van der Waals surface area contributed by atoms with E-state index in [1.807, 2.05) is 30.3 Å². The zero-order valence-corrected chi connectivity index (χ0v) is 12.1. The molecule has 1 atom stereocenters. The van der Waals surface area contributed by atoms with Crippen molar-refractivity contribution < 1.29 is 4.21 Å². The summed E-state index contributed by atoms with van der Waals surface area (Å²) in [6, 6.07) is 12.9. The molecule has 0 aromatic heterocycles. The first-order valence-corrected chi connectivity index (χ1v) is 8.39. The third-order valence-corrected chi connectivity index (χ3v) is 4.64. The molecule has 2 rings (SSSR count). The SMILES string of the molecule is CS(=O)CCCNC1CC(C#N)(c2ccccc2)C1. The van der Waals surface area contributed by atoms with Crippen molar-refractivity contribution in [2.75, 3.05) is 18.6 Å². The molecule has 0 radical (unpaired) electrons. The van der Waals surface area contributed by atoms with Crippen LogP contribution in [0.3, 0.4) is 0 Å². The van der Waals surface area contributed by atoms with Crippen LogP contribution in [-0.4, -0.2) is 28.8 Å². The van der Waals surface area contributed by atoms with Gasteiger partial charge in [-0.3, -0.25) is 4.21 Å². The number of nitriles is 1. The number of hydrogen-bond donors (Lipinski definition) is 1. The molecule has 1 N–H and O–H groups in total. The first kappa shape index (κ1) is 14.2. The fourth-order valence-corrected chi connectivity index (χ4v) is 3.21. The molecular formula is C15H20N2OS. The number of benzene rings is 1. The van der Waals surface area contributed by atoms with E-state index in [-0.39, 0.29) is 5.41 Å². The predicted octanol–water partition coefficient (Wildman–Crippen LogP) is 1.97. The van der Waals surface area contributed by atoms with E-state index in [0.717, 1.165) is 37.1 Å². The largest absolute Gasteiger partial charge is 0.314 e. The van der Waals surface area contributed by atoms with Crippen LogP contribution in [-0.2, 0) is 16.2 Å². The zero-order chi connectivity index (χ0) is 13.7. The van der Waals surface area contributed by atoms with Gasteiger partial charge in [-0.05, 0) is 31.4 Å². The van der Waals surface area contributed by atoms with Gasteiger partial charge in [-0.1, -0.05) is 30.3 Å². The van der Waals surface area contributed by atoms with Gasteiger partial charge in [-0.15, -0.1) is 0 Å². The Labute approximate surface area is 117 Å². The lowest BCUT2D eigenvalue weighted by Gasteiger charge is -2.43. The first-order valence-electron chi connectivity index (χ1n) is 6.66. The maximum atomic E-state index is 10.9. The molecule has 1 saturated carbocycles. The van der Waals surface area contributed by atoms with Crippen LogP contribution in [0, 0.1) is 11.3 Å². The minimum atomic E-state index is -0.703. The summed E-state index contributed by atoms with van der Waals surface area (Å²) in [6.07, 6.45) is 4.43. The lowest BCUT2D eigenvalue weighted by molar-refractivity contribution is 0.228. The van der Waals surface area contributed by atoms with E-state index in [4.69, 9.17) is 0 Å². The van der Waals surface area contributed by atoms with E-state index < -0.39 is 10.8 Å². The van der Waals surface area contributed by atoms with E-state index >= 15 is 0 Å². The highest BCUT2D eigenvalue weighted by Gasteiger charge is 2.45. The first-order chi connectivity index (χ1) is 9.16. The van der Waals surface area contributed by atoms with E-state index in [1.54, 1.807) is 6.26 Å². The summed E-state index contributed by atoms with van der Waals surface area (Å²) < 4.78 is 10.9. The van der Waals surface area contributed by atoms with Crippen molar-refractivity contribution >= 4 is 10.8 Å². The molecule has 0 amide bonds. The van der Waals surface area contributed by atoms with Crippen LogP contribution in [0.5, 0.6) is 0 Å². The van der Waals surface area contributed by atoms with Gasteiger partial charge in [0.25, 0.3) is 0 Å². The number of nitrogens with zero attached hydrogens (tertiary/aromatic N) is 1. The second-order valence-electron chi connectivity index (χ2n) is 5.25. The van der Waals surface area contributed by atoms with Gasteiger partial charge in [0.2, 0.25) is 0 Å². The van der Waals surface area contributed by atoms with Crippen LogP contribution in [0.1, 0.15) is 24.8 Å². The molecule has 1 aliphatic carbocycles. The van der Waals surface area contributed by atoms with Crippen molar-refractivity contribution in [2.24, 2.45) is 0 Å². The molecule has 4 heteroatoms. The zero-order valence-electron chi connectivity index (χ0n) is 11.3. The van der Waals surface area contributed by atoms with E-state index in [9.17, 15) is 9.47 Å². The van der Waals surface area contributed by atoms with Gasteiger partial charge in [0.15, 0.2) is 0 Å². The maximum absolute atomic E-state index is 10.9. The average Bonchev–Trinajstić information content (AvgIpc) is 2.37. The Balaban J connectivity index is 1.80. The van der Waals surface area contributed by atoms with Gasteiger partial charge >= 0.3 is 0 Å². The second-order valence-corrected chi connectivity index (χ2v) is 6.80. The molecule has 1 aromatic rings. The van der Waals surface area contributed by atoms with Crippen molar-refractivity contribution in [1.29, 1.82) is 5.26 Å². The van der Waals surface area contributed by atoms with Crippen molar-refractivity contribution in [3.05, 3.63) is 35.9 Å². The average molecular weight is 276 g/mol. The minimum absolute atomic E-state index is 0.299. The molecule has 19 heavy (non-hydrogen) atoms. The minimum Gasteiger partial charge on any atom is -0.314 e. The summed E-state index contributed by atoms with van der Waals surface area (Å²) >= 11 is 0. The maximum Gasteiger partial charge on any atom is 0.0852 e. The van der Waals surface area contributed by atoms with Crippen molar-refractivity contribution in [1.82, 2.24) is 5.32 Å². The Morgan fingerprint density at radius 3 is 2.68 bits per heavy atom. The van der Waals surface area contributed by atoms with Gasteiger partial charge in [0, 0.05) is 28.9 Å². The summed E-state index contributed by atoms with van der Waals surface area (Å²) in [6.45, 7) is 0.889. The van der Waals surface area contributed by atoms with Gasteiger partial charge in [0.1, 0.15) is 0 Å². The topological polar surface area (TPSA) is 52.9 Å². The molecule has 1 aliphatic rings. The Hall–Kier alpha value is -1.18. The third kappa shape index (κ3) is 3.43. The van der Waals surface area contributed by atoms with E-state index in [1.165, 1.54) is 0 Å². The predicted molar refractivity (Wildman–Crippen MR) is 78.3 cm³/mol. The quantitative estimate of drug-likeness (QED) is 0.808. The van der Waals surface area contributed by atoms with Crippen molar-refractivity contribution in [2.45, 2.75) is 30.7 Å². The molecule has 0 bridgehead atoms. The highest BCUT2D eigenvalue weighted by molar-refractivity contribution is 7.84. The van der Waals surface area contributed by atoms with Crippen LogP contribution in [0.4, 0.5) is 0 Å². The van der Waals surface area contributed by atoms with Crippen molar-refractivity contribution in [3.63, 3.8) is 0 Å². The molecule has 0 aliphatic heterocycles. The molecule has 0 spiro atoms. The summed E-state index contributed by atoms with van der Waals surface area (Å²) in [5.74, 6) is 0.752. The summed E-state index contributed by atoms with van der Waals surface area (Å²) in [4.78, 5) is 0. The second kappa shape index (κ2) is 6.31. The van der Waals surface area contributed by atoms with Crippen molar-refractivity contribution in [3.8, 4) is 6.07 Å². The Kier molecular flexibility index (Phi) is 4.73. The molecule has 1 aromatic carbocycles. The fraction of sp³-hybridized carbons (Fsp3) is 0.533. The highest BCUT2D eigenvalue weighted by atomic mass is 32.2. The molecule has 1 fully saturated rings. The molecule has 102 valence electrons. The summed E-state index contributed by atoms with van der Waals surface area (Å²) in [5.41, 5.74) is 0.831. The monoisotopic (exact) mass is 276 g/mol. The van der Waals surface area contributed by atoms with Crippen LogP contribution in [0.2, 0.25) is 0 Å². The Bertz CT molecular complexity index is 475. The molecule has 1 unspecified atom stereocenters. The molecular weight excluding hydrogens is 256 g/mol. The normalized spacial score (nSPS) is 27.3. The number of hydrogen-bond acceptors (Lipinski definition) is 3. The van der Waals surface area contributed by atoms with Crippen LogP contribution < -0.4 is 5.32 Å². The molecule has 0 heterocycles. The lowest BCUT2D eigenvalue weighted by Crippen LogP contribution is -2.51. The van der Waals surface area contributed by atoms with Crippen LogP contribution >= 0.6 is 0 Å². The van der Waals surface area contributed by atoms with Gasteiger partial charge in [-0.25, -0.2) is 0 Å². The molecule has 3 nitrogen and oxygen atoms in total. The smallest absolute Gasteiger partial charge is 0.0852 e. The Morgan fingerprint density at radius 1 is 1.42 bits per heavy atom. The summed E-state index contributed by atoms with van der Waals surface area (Å²) in [7, 11) is -0.703. The Morgan fingerprint density at radius 2 is 2.11 bits per heavy atom. The fourth-order valence-electron chi connectivity index (χ4n) is 2.66. The van der Waals surface area contributed by atoms with Crippen LogP contribution in [0.15, 0.2) is 30.3 Å².